The number of nitrogen functional groups attached to an aromatic ring is 1. The molecule has 1 atom stereocenters. The first-order valence-electron chi connectivity index (χ1n) is 6.09. The molecule has 0 saturated carbocycles. The minimum atomic E-state index is -0.0938. The van der Waals surface area contributed by atoms with Gasteiger partial charge in [-0.3, -0.25) is 4.79 Å². The molecule has 5 nitrogen and oxygen atoms in total. The second-order valence-electron chi connectivity index (χ2n) is 4.47. The molecule has 3 N–H and O–H groups in total. The molecule has 0 aliphatic carbocycles. The maximum atomic E-state index is 11.9. The van der Waals surface area contributed by atoms with Crippen molar-refractivity contribution in [2.45, 2.75) is 13.0 Å². The van der Waals surface area contributed by atoms with Crippen LogP contribution < -0.4 is 16.0 Å². The van der Waals surface area contributed by atoms with Gasteiger partial charge in [-0.15, -0.1) is 0 Å². The van der Waals surface area contributed by atoms with Gasteiger partial charge in [0, 0.05) is 25.3 Å². The Morgan fingerprint density at radius 2 is 2.33 bits per heavy atom. The number of benzene rings is 1. The van der Waals surface area contributed by atoms with E-state index in [2.05, 4.69) is 17.1 Å². The zero-order valence-corrected chi connectivity index (χ0v) is 10.8. The minimum Gasteiger partial charge on any atom is -0.399 e. The number of nitrogens with one attached hydrogen (secondary N) is 1. The zero-order valence-electron chi connectivity index (χ0n) is 10.8. The maximum absolute atomic E-state index is 11.9. The number of anilines is 2. The highest BCUT2D eigenvalue weighted by molar-refractivity contribution is 6.00. The molecular formula is C13H19N3O2. The first-order chi connectivity index (χ1) is 8.63. The second-order valence-corrected chi connectivity index (χ2v) is 4.47. The van der Waals surface area contributed by atoms with Crippen molar-refractivity contribution >= 4 is 17.3 Å². The van der Waals surface area contributed by atoms with Gasteiger partial charge < -0.3 is 20.7 Å². The summed E-state index contributed by atoms with van der Waals surface area (Å²) in [7, 11) is 1.63. The first-order valence-corrected chi connectivity index (χ1v) is 6.09. The highest BCUT2D eigenvalue weighted by Gasteiger charge is 2.23. The monoisotopic (exact) mass is 249 g/mol. The summed E-state index contributed by atoms with van der Waals surface area (Å²) in [6.45, 7) is 4.19. The van der Waals surface area contributed by atoms with Gasteiger partial charge in [0.2, 0.25) is 0 Å². The number of amides is 1. The van der Waals surface area contributed by atoms with Crippen LogP contribution in [0.25, 0.3) is 0 Å². The maximum Gasteiger partial charge on any atom is 0.253 e. The molecule has 1 heterocycles. The van der Waals surface area contributed by atoms with E-state index < -0.39 is 0 Å². The van der Waals surface area contributed by atoms with Crippen molar-refractivity contribution in [3.05, 3.63) is 23.8 Å². The van der Waals surface area contributed by atoms with Crippen LogP contribution in [0.2, 0.25) is 0 Å². The fourth-order valence-electron chi connectivity index (χ4n) is 2.20. The van der Waals surface area contributed by atoms with Crippen LogP contribution in [0.5, 0.6) is 0 Å². The van der Waals surface area contributed by atoms with Gasteiger partial charge in [-0.25, -0.2) is 0 Å². The van der Waals surface area contributed by atoms with Crippen molar-refractivity contribution in [2.24, 2.45) is 0 Å². The predicted octanol–water partition coefficient (Wildman–Crippen LogP) is 0.853. The fraction of sp³-hybridized carbons (Fsp3) is 0.462. The molecule has 1 aromatic rings. The molecule has 5 heteroatoms. The van der Waals surface area contributed by atoms with Crippen molar-refractivity contribution in [1.82, 2.24) is 5.32 Å². The molecule has 0 spiro atoms. The van der Waals surface area contributed by atoms with E-state index in [9.17, 15) is 4.79 Å². The second kappa shape index (κ2) is 5.27. The summed E-state index contributed by atoms with van der Waals surface area (Å²) >= 11 is 0. The van der Waals surface area contributed by atoms with Crippen LogP contribution in [0.4, 0.5) is 11.4 Å². The van der Waals surface area contributed by atoms with Gasteiger partial charge >= 0.3 is 0 Å². The van der Waals surface area contributed by atoms with Crippen LogP contribution in [-0.4, -0.2) is 38.8 Å². The van der Waals surface area contributed by atoms with Crippen LogP contribution in [0.3, 0.4) is 0 Å². The largest absolute Gasteiger partial charge is 0.399 e. The van der Waals surface area contributed by atoms with Gasteiger partial charge in [-0.05, 0) is 25.1 Å². The van der Waals surface area contributed by atoms with E-state index in [4.69, 9.17) is 10.5 Å². The Kier molecular flexibility index (Phi) is 3.72. The normalized spacial score (nSPS) is 19.7. The van der Waals surface area contributed by atoms with E-state index >= 15 is 0 Å². The van der Waals surface area contributed by atoms with E-state index in [0.717, 1.165) is 12.2 Å². The average molecular weight is 249 g/mol. The Bertz CT molecular complexity index is 448. The van der Waals surface area contributed by atoms with E-state index in [1.807, 2.05) is 6.07 Å². The summed E-state index contributed by atoms with van der Waals surface area (Å²) in [4.78, 5) is 14.1. The molecule has 98 valence electrons. The molecule has 1 amide bonds. The summed E-state index contributed by atoms with van der Waals surface area (Å²) in [5.74, 6) is -0.0938. The predicted molar refractivity (Wildman–Crippen MR) is 71.9 cm³/mol. The lowest BCUT2D eigenvalue weighted by molar-refractivity contribution is 0.0948. The van der Waals surface area contributed by atoms with Crippen LogP contribution in [-0.2, 0) is 4.74 Å². The van der Waals surface area contributed by atoms with Crippen molar-refractivity contribution < 1.29 is 9.53 Å². The smallest absolute Gasteiger partial charge is 0.253 e. The number of hydrogen-bond acceptors (Lipinski definition) is 4. The van der Waals surface area contributed by atoms with E-state index in [1.165, 1.54) is 0 Å². The zero-order chi connectivity index (χ0) is 13.1. The number of nitrogens with zero attached hydrogens (tertiary/aromatic N) is 1. The number of rotatable bonds is 2. The van der Waals surface area contributed by atoms with Gasteiger partial charge in [0.1, 0.15) is 0 Å². The summed E-state index contributed by atoms with van der Waals surface area (Å²) in [6.07, 6.45) is 0. The van der Waals surface area contributed by atoms with Crippen LogP contribution >= 0.6 is 0 Å². The number of morpholine rings is 1. The number of ether oxygens (including phenoxy) is 1. The Balaban J connectivity index is 2.40. The SMILES string of the molecule is CNC(=O)c1ccc(N)cc1N1CCOCC1C. The minimum absolute atomic E-state index is 0.0938. The van der Waals surface area contributed by atoms with E-state index in [0.29, 0.717) is 24.5 Å². The summed E-state index contributed by atoms with van der Waals surface area (Å²) in [5.41, 5.74) is 8.03. The summed E-state index contributed by atoms with van der Waals surface area (Å²) < 4.78 is 5.42. The molecule has 1 fully saturated rings. The van der Waals surface area contributed by atoms with Gasteiger partial charge in [-0.1, -0.05) is 0 Å². The third kappa shape index (κ3) is 2.41. The molecule has 0 bridgehead atoms. The van der Waals surface area contributed by atoms with Crippen LogP contribution in [0, 0.1) is 0 Å². The van der Waals surface area contributed by atoms with Gasteiger partial charge in [0.25, 0.3) is 5.91 Å². The number of carbonyl (C=O) groups is 1. The summed E-state index contributed by atoms with van der Waals surface area (Å²) in [5, 5.41) is 2.66. The number of carbonyl (C=O) groups excluding carboxylic acids is 1. The topological polar surface area (TPSA) is 67.6 Å². The lowest BCUT2D eigenvalue weighted by atomic mass is 10.1. The molecule has 18 heavy (non-hydrogen) atoms. The molecule has 1 aliphatic rings. The fourth-order valence-corrected chi connectivity index (χ4v) is 2.20. The Labute approximate surface area is 107 Å². The molecule has 2 rings (SSSR count). The molecule has 1 unspecified atom stereocenters. The standard InChI is InChI=1S/C13H19N3O2/c1-9-8-18-6-5-16(9)12-7-10(14)3-4-11(12)13(17)15-2/h3-4,7,9H,5-6,8,14H2,1-2H3,(H,15,17). The quantitative estimate of drug-likeness (QED) is 0.763. The van der Waals surface area contributed by atoms with Crippen molar-refractivity contribution in [1.29, 1.82) is 0 Å². The van der Waals surface area contributed by atoms with Crippen LogP contribution in [0.15, 0.2) is 18.2 Å². The summed E-state index contributed by atoms with van der Waals surface area (Å²) in [6, 6.07) is 5.61. The molecule has 1 saturated heterocycles. The Morgan fingerprint density at radius 1 is 1.56 bits per heavy atom. The average Bonchev–Trinajstić information content (AvgIpc) is 2.38. The van der Waals surface area contributed by atoms with E-state index in [-0.39, 0.29) is 11.9 Å². The number of nitrogens with two attached hydrogens (primary N) is 1. The molecule has 1 aromatic carbocycles. The van der Waals surface area contributed by atoms with Crippen LogP contribution in [0.1, 0.15) is 17.3 Å². The lowest BCUT2D eigenvalue weighted by Gasteiger charge is -2.36. The molecule has 0 radical (unpaired) electrons. The van der Waals surface area contributed by atoms with E-state index in [1.54, 1.807) is 19.2 Å². The van der Waals surface area contributed by atoms with Gasteiger partial charge in [-0.2, -0.15) is 0 Å². The van der Waals surface area contributed by atoms with Gasteiger partial charge in [0.15, 0.2) is 0 Å². The Morgan fingerprint density at radius 3 is 3.00 bits per heavy atom. The molecular weight excluding hydrogens is 230 g/mol. The first kappa shape index (κ1) is 12.7. The highest BCUT2D eigenvalue weighted by Crippen LogP contribution is 2.26. The molecule has 1 aliphatic heterocycles. The number of hydrogen-bond donors (Lipinski definition) is 2. The third-order valence-electron chi connectivity index (χ3n) is 3.17. The lowest BCUT2D eigenvalue weighted by Crippen LogP contribution is -2.44. The van der Waals surface area contributed by atoms with Crippen molar-refractivity contribution in [3.63, 3.8) is 0 Å². The van der Waals surface area contributed by atoms with Gasteiger partial charge in [0.05, 0.1) is 24.5 Å². The van der Waals surface area contributed by atoms with Crippen molar-refractivity contribution in [3.8, 4) is 0 Å². The Hall–Kier alpha value is -1.75. The van der Waals surface area contributed by atoms with Crippen molar-refractivity contribution in [2.75, 3.05) is 37.4 Å². The highest BCUT2D eigenvalue weighted by atomic mass is 16.5. The molecule has 0 aromatic heterocycles. The third-order valence-corrected chi connectivity index (χ3v) is 3.17.